The Bertz CT molecular complexity index is 936. The van der Waals surface area contributed by atoms with E-state index in [9.17, 15) is 5.11 Å². The minimum atomic E-state index is -0.197. The van der Waals surface area contributed by atoms with Crippen molar-refractivity contribution in [3.05, 3.63) is 83.4 Å². The van der Waals surface area contributed by atoms with Crippen molar-refractivity contribution in [2.24, 2.45) is 5.10 Å². The zero-order valence-electron chi connectivity index (χ0n) is 12.6. The maximum absolute atomic E-state index is 12.6. The van der Waals surface area contributed by atoms with Gasteiger partial charge in [-0.05, 0) is 33.1 Å². The van der Waals surface area contributed by atoms with Crippen LogP contribution < -0.4 is 5.11 Å². The number of hydrazone groups is 1. The number of hydrogen-bond donors (Lipinski definition) is 0. The molecule has 1 aliphatic heterocycles. The fraction of sp³-hybridized carbons (Fsp3) is 0.100. The number of rotatable bonds is 2. The van der Waals surface area contributed by atoms with E-state index >= 15 is 0 Å². The summed E-state index contributed by atoms with van der Waals surface area (Å²) in [4.78, 5) is 0. The summed E-state index contributed by atoms with van der Waals surface area (Å²) in [7, 11) is 0. The van der Waals surface area contributed by atoms with Gasteiger partial charge in [0.15, 0.2) is 6.54 Å². The van der Waals surface area contributed by atoms with Crippen molar-refractivity contribution in [2.45, 2.75) is 6.42 Å². The largest absolute Gasteiger partial charge is 0.854 e. The first-order chi connectivity index (χ1) is 11.3. The Balaban J connectivity index is 1.76. The van der Waals surface area contributed by atoms with Crippen LogP contribution in [-0.4, -0.2) is 23.3 Å². The molecule has 112 valence electrons. The van der Waals surface area contributed by atoms with Gasteiger partial charge in [0, 0.05) is 12.0 Å². The van der Waals surface area contributed by atoms with Gasteiger partial charge < -0.3 is 5.11 Å². The van der Waals surface area contributed by atoms with Gasteiger partial charge in [-0.15, -0.1) is 0 Å². The van der Waals surface area contributed by atoms with E-state index in [0.717, 1.165) is 29.3 Å². The van der Waals surface area contributed by atoms with Crippen LogP contribution in [0.2, 0.25) is 0 Å². The predicted molar refractivity (Wildman–Crippen MR) is 90.9 cm³/mol. The van der Waals surface area contributed by atoms with Crippen molar-refractivity contribution in [3.8, 4) is 0 Å². The van der Waals surface area contributed by atoms with E-state index in [-0.39, 0.29) is 5.90 Å². The van der Waals surface area contributed by atoms with Gasteiger partial charge in [0.1, 0.15) is 0 Å². The summed E-state index contributed by atoms with van der Waals surface area (Å²) in [6, 6.07) is 21.9. The normalized spacial score (nSPS) is 14.4. The van der Waals surface area contributed by atoms with E-state index in [1.807, 2.05) is 60.8 Å². The van der Waals surface area contributed by atoms with Gasteiger partial charge in [-0.2, -0.15) is 0 Å². The van der Waals surface area contributed by atoms with Gasteiger partial charge in [0.05, 0.1) is 5.90 Å². The topological polar surface area (TPSA) is 38.4 Å². The van der Waals surface area contributed by atoms with Crippen LogP contribution >= 0.6 is 0 Å². The Morgan fingerprint density at radius 3 is 2.65 bits per heavy atom. The van der Waals surface area contributed by atoms with E-state index in [2.05, 4.69) is 17.2 Å². The van der Waals surface area contributed by atoms with E-state index < -0.39 is 0 Å². The fourth-order valence-electron chi connectivity index (χ4n) is 3.01. The standard InChI is InChI=1S/C20H16N2O/c23-20(19-11-5-9-16-7-3-4-10-18(16)19)21-22-13-12-15-6-1-2-8-17(15)14-22/h1-11,14H,12-13H2. The summed E-state index contributed by atoms with van der Waals surface area (Å²) in [6.45, 7) is 0.730. The molecule has 0 saturated carbocycles. The minimum absolute atomic E-state index is 0.197. The average molecular weight is 300 g/mol. The second-order valence-corrected chi connectivity index (χ2v) is 5.67. The van der Waals surface area contributed by atoms with Crippen LogP contribution in [-0.2, 0) is 6.42 Å². The highest BCUT2D eigenvalue weighted by Gasteiger charge is 2.15. The number of fused-ring (bicyclic) bond motifs is 2. The molecule has 4 rings (SSSR count). The molecule has 3 aromatic rings. The summed E-state index contributed by atoms with van der Waals surface area (Å²) >= 11 is 0. The molecule has 0 N–H and O–H groups in total. The second-order valence-electron chi connectivity index (χ2n) is 5.67. The molecule has 0 atom stereocenters. The molecular weight excluding hydrogens is 284 g/mol. The van der Waals surface area contributed by atoms with Crippen LogP contribution in [0.25, 0.3) is 10.8 Å². The highest BCUT2D eigenvalue weighted by molar-refractivity contribution is 6.04. The molecule has 0 unspecified atom stereocenters. The van der Waals surface area contributed by atoms with Crippen molar-refractivity contribution < 1.29 is 9.79 Å². The average Bonchev–Trinajstić information content (AvgIpc) is 2.61. The molecule has 0 saturated heterocycles. The monoisotopic (exact) mass is 300 g/mol. The molecule has 0 amide bonds. The van der Waals surface area contributed by atoms with E-state index in [1.54, 1.807) is 4.68 Å². The van der Waals surface area contributed by atoms with E-state index in [1.165, 1.54) is 5.56 Å². The third-order valence-corrected chi connectivity index (χ3v) is 4.19. The van der Waals surface area contributed by atoms with Crippen LogP contribution in [0.5, 0.6) is 0 Å². The summed E-state index contributed by atoms with van der Waals surface area (Å²) in [6.07, 6.45) is 2.85. The molecule has 3 aromatic carbocycles. The first-order valence-electron chi connectivity index (χ1n) is 7.74. The van der Waals surface area contributed by atoms with Crippen molar-refractivity contribution >= 4 is 22.9 Å². The second kappa shape index (κ2) is 5.69. The molecule has 23 heavy (non-hydrogen) atoms. The third kappa shape index (κ3) is 2.61. The van der Waals surface area contributed by atoms with E-state index in [4.69, 9.17) is 0 Å². The van der Waals surface area contributed by atoms with E-state index in [0.29, 0.717) is 5.56 Å². The molecule has 0 aromatic heterocycles. The minimum Gasteiger partial charge on any atom is -0.854 e. The molecule has 0 spiro atoms. The Morgan fingerprint density at radius 2 is 1.70 bits per heavy atom. The number of nitrogens with zero attached hydrogens (tertiary/aromatic N) is 2. The quantitative estimate of drug-likeness (QED) is 0.407. The van der Waals surface area contributed by atoms with Gasteiger partial charge in [-0.25, -0.2) is 0 Å². The van der Waals surface area contributed by atoms with Crippen molar-refractivity contribution in [1.82, 2.24) is 0 Å². The molecular formula is C20H16N2O. The van der Waals surface area contributed by atoms with Gasteiger partial charge in [0.25, 0.3) is 0 Å². The molecule has 0 fully saturated rings. The maximum atomic E-state index is 12.6. The third-order valence-electron chi connectivity index (χ3n) is 4.19. The highest BCUT2D eigenvalue weighted by atomic mass is 16.3. The first-order valence-corrected chi connectivity index (χ1v) is 7.74. The molecule has 1 heterocycles. The summed E-state index contributed by atoms with van der Waals surface area (Å²) in [5.74, 6) is -0.197. The SMILES string of the molecule is [O-]/C(=N\[N+]1=Cc2ccccc2CC1)c1cccc2ccccc12. The molecule has 1 aliphatic rings. The first kappa shape index (κ1) is 13.7. The summed E-state index contributed by atoms with van der Waals surface area (Å²) < 4.78 is 1.76. The number of benzene rings is 3. The smallest absolute Gasteiger partial charge is 0.203 e. The zero-order valence-corrected chi connectivity index (χ0v) is 12.6. The van der Waals surface area contributed by atoms with Crippen LogP contribution in [0.3, 0.4) is 0 Å². The van der Waals surface area contributed by atoms with Crippen LogP contribution in [0.4, 0.5) is 0 Å². The molecule has 0 radical (unpaired) electrons. The summed E-state index contributed by atoms with van der Waals surface area (Å²) in [5.41, 5.74) is 3.08. The Labute approximate surface area is 134 Å². The fourth-order valence-corrected chi connectivity index (χ4v) is 3.01. The molecule has 3 heteroatoms. The predicted octanol–water partition coefficient (Wildman–Crippen LogP) is 2.55. The lowest BCUT2D eigenvalue weighted by molar-refractivity contribution is -0.533. The van der Waals surface area contributed by atoms with Crippen molar-refractivity contribution in [3.63, 3.8) is 0 Å². The maximum Gasteiger partial charge on any atom is 0.203 e. The van der Waals surface area contributed by atoms with Crippen molar-refractivity contribution in [2.75, 3.05) is 6.54 Å². The Hall–Kier alpha value is -2.94. The van der Waals surface area contributed by atoms with Crippen LogP contribution in [0, 0.1) is 0 Å². The van der Waals surface area contributed by atoms with Crippen LogP contribution in [0.1, 0.15) is 16.7 Å². The Morgan fingerprint density at radius 1 is 0.913 bits per heavy atom. The lowest BCUT2D eigenvalue weighted by atomic mass is 10.0. The van der Waals surface area contributed by atoms with Gasteiger partial charge in [-0.1, -0.05) is 65.3 Å². The Kier molecular flexibility index (Phi) is 3.39. The van der Waals surface area contributed by atoms with Crippen molar-refractivity contribution in [1.29, 1.82) is 0 Å². The van der Waals surface area contributed by atoms with Crippen LogP contribution in [0.15, 0.2) is 71.8 Å². The molecule has 0 bridgehead atoms. The van der Waals surface area contributed by atoms with Gasteiger partial charge >= 0.3 is 0 Å². The number of hydrogen-bond acceptors (Lipinski definition) is 2. The molecule has 0 aliphatic carbocycles. The summed E-state index contributed by atoms with van der Waals surface area (Å²) in [5, 5.41) is 18.9. The lowest BCUT2D eigenvalue weighted by Crippen LogP contribution is -2.26. The van der Waals surface area contributed by atoms with Gasteiger partial charge in [0.2, 0.25) is 6.21 Å². The lowest BCUT2D eigenvalue weighted by Gasteiger charge is -2.13. The van der Waals surface area contributed by atoms with Gasteiger partial charge in [-0.3, -0.25) is 0 Å². The molecule has 3 nitrogen and oxygen atoms in total. The zero-order chi connectivity index (χ0) is 15.6. The highest BCUT2D eigenvalue weighted by Crippen LogP contribution is 2.18.